The van der Waals surface area contributed by atoms with Crippen LogP contribution in [0.4, 0.5) is 5.82 Å². The molecule has 0 spiro atoms. The highest BCUT2D eigenvalue weighted by Gasteiger charge is 2.33. The molecule has 0 bridgehead atoms. The zero-order valence-electron chi connectivity index (χ0n) is 12.1. The van der Waals surface area contributed by atoms with E-state index in [1.807, 2.05) is 24.1 Å². The maximum atomic E-state index is 12.4. The summed E-state index contributed by atoms with van der Waals surface area (Å²) in [5.74, 6) is 0.839. The van der Waals surface area contributed by atoms with Crippen LogP contribution in [0.3, 0.4) is 0 Å². The number of aromatic nitrogens is 1. The van der Waals surface area contributed by atoms with Crippen LogP contribution < -0.4 is 5.32 Å². The Labute approximate surface area is 114 Å². The first-order chi connectivity index (χ1) is 8.94. The lowest BCUT2D eigenvalue weighted by Gasteiger charge is -2.45. The van der Waals surface area contributed by atoms with Crippen LogP contribution in [0.25, 0.3) is 0 Å². The van der Waals surface area contributed by atoms with Gasteiger partial charge in [0, 0.05) is 38.4 Å². The number of rotatable bonds is 2. The lowest BCUT2D eigenvalue weighted by atomic mass is 9.99. The van der Waals surface area contributed by atoms with Crippen molar-refractivity contribution in [3.05, 3.63) is 23.9 Å². The molecule has 1 aliphatic heterocycles. The molecule has 1 N–H and O–H groups in total. The third-order valence-electron chi connectivity index (χ3n) is 3.87. The number of pyridine rings is 1. The van der Waals surface area contributed by atoms with E-state index in [2.05, 4.69) is 36.1 Å². The minimum atomic E-state index is 0.0201. The molecule has 1 amide bonds. The molecule has 1 aliphatic rings. The SMILES string of the molecule is CNc1ccc(C(=O)N2CCN(C)C(C)(C)C2)cn1. The molecule has 1 aromatic rings. The van der Waals surface area contributed by atoms with Gasteiger partial charge in [-0.1, -0.05) is 0 Å². The molecule has 2 rings (SSSR count). The Kier molecular flexibility index (Phi) is 3.75. The zero-order chi connectivity index (χ0) is 14.0. The van der Waals surface area contributed by atoms with Crippen molar-refractivity contribution in [2.75, 3.05) is 39.0 Å². The molecule has 0 radical (unpaired) electrons. The number of carbonyl (C=O) groups is 1. The number of amides is 1. The van der Waals surface area contributed by atoms with Crippen molar-refractivity contribution in [1.82, 2.24) is 14.8 Å². The summed E-state index contributed by atoms with van der Waals surface area (Å²) in [7, 11) is 3.91. The fourth-order valence-corrected chi connectivity index (χ4v) is 2.26. The van der Waals surface area contributed by atoms with Crippen molar-refractivity contribution in [2.24, 2.45) is 0 Å². The molecule has 5 nitrogen and oxygen atoms in total. The first kappa shape index (κ1) is 13.8. The normalized spacial score (nSPS) is 19.3. The second kappa shape index (κ2) is 5.17. The molecule has 2 heterocycles. The largest absolute Gasteiger partial charge is 0.373 e. The first-order valence-electron chi connectivity index (χ1n) is 6.58. The number of piperazine rings is 1. The molecule has 1 aromatic heterocycles. The number of likely N-dealkylation sites (N-methyl/N-ethyl adjacent to an activating group) is 1. The van der Waals surface area contributed by atoms with E-state index in [-0.39, 0.29) is 11.4 Å². The van der Waals surface area contributed by atoms with Crippen molar-refractivity contribution in [1.29, 1.82) is 0 Å². The van der Waals surface area contributed by atoms with Crippen LogP contribution >= 0.6 is 0 Å². The summed E-state index contributed by atoms with van der Waals surface area (Å²) in [5, 5.41) is 2.95. The number of anilines is 1. The molecule has 19 heavy (non-hydrogen) atoms. The van der Waals surface area contributed by atoms with Crippen LogP contribution in [-0.4, -0.2) is 60.0 Å². The Morgan fingerprint density at radius 1 is 1.37 bits per heavy atom. The van der Waals surface area contributed by atoms with Gasteiger partial charge < -0.3 is 10.2 Å². The monoisotopic (exact) mass is 262 g/mol. The van der Waals surface area contributed by atoms with Gasteiger partial charge in [0.05, 0.1) is 5.56 Å². The molecule has 0 aromatic carbocycles. The van der Waals surface area contributed by atoms with Gasteiger partial charge in [0.15, 0.2) is 0 Å². The maximum Gasteiger partial charge on any atom is 0.255 e. The molecule has 0 unspecified atom stereocenters. The van der Waals surface area contributed by atoms with Gasteiger partial charge >= 0.3 is 0 Å². The quantitative estimate of drug-likeness (QED) is 0.872. The lowest BCUT2D eigenvalue weighted by Crippen LogP contribution is -2.58. The summed E-state index contributed by atoms with van der Waals surface area (Å²) >= 11 is 0. The van der Waals surface area contributed by atoms with E-state index in [0.29, 0.717) is 5.56 Å². The summed E-state index contributed by atoms with van der Waals surface area (Å²) in [6.07, 6.45) is 1.64. The predicted molar refractivity (Wildman–Crippen MR) is 76.4 cm³/mol. The van der Waals surface area contributed by atoms with Gasteiger partial charge in [-0.15, -0.1) is 0 Å². The van der Waals surface area contributed by atoms with Crippen LogP contribution in [0.5, 0.6) is 0 Å². The zero-order valence-corrected chi connectivity index (χ0v) is 12.1. The minimum Gasteiger partial charge on any atom is -0.373 e. The van der Waals surface area contributed by atoms with Crippen molar-refractivity contribution < 1.29 is 4.79 Å². The molecule has 104 valence electrons. The number of nitrogens with one attached hydrogen (secondary N) is 1. The van der Waals surface area contributed by atoms with Crippen molar-refractivity contribution in [2.45, 2.75) is 19.4 Å². The third kappa shape index (κ3) is 2.87. The summed E-state index contributed by atoms with van der Waals surface area (Å²) in [6.45, 7) is 6.74. The van der Waals surface area contributed by atoms with Crippen LogP contribution in [0.1, 0.15) is 24.2 Å². The van der Waals surface area contributed by atoms with Crippen molar-refractivity contribution in [3.8, 4) is 0 Å². The average molecular weight is 262 g/mol. The van der Waals surface area contributed by atoms with Gasteiger partial charge in [0.25, 0.3) is 5.91 Å². The summed E-state index contributed by atoms with van der Waals surface area (Å²) in [4.78, 5) is 20.8. The predicted octanol–water partition coefficient (Wildman–Crippen LogP) is 1.29. The fraction of sp³-hybridized carbons (Fsp3) is 0.571. The van der Waals surface area contributed by atoms with Crippen molar-refractivity contribution >= 4 is 11.7 Å². The van der Waals surface area contributed by atoms with E-state index >= 15 is 0 Å². The van der Waals surface area contributed by atoms with Gasteiger partial charge in [-0.05, 0) is 33.0 Å². The summed E-state index contributed by atoms with van der Waals surface area (Å²) < 4.78 is 0. The maximum absolute atomic E-state index is 12.4. The average Bonchev–Trinajstić information content (AvgIpc) is 2.41. The van der Waals surface area contributed by atoms with Gasteiger partial charge in [-0.3, -0.25) is 9.69 Å². The number of hydrogen-bond donors (Lipinski definition) is 1. The van der Waals surface area contributed by atoms with E-state index in [1.165, 1.54) is 0 Å². The van der Waals surface area contributed by atoms with Gasteiger partial charge in [0.1, 0.15) is 5.82 Å². The van der Waals surface area contributed by atoms with Crippen LogP contribution in [-0.2, 0) is 0 Å². The molecular weight excluding hydrogens is 240 g/mol. The lowest BCUT2D eigenvalue weighted by molar-refractivity contribution is 0.0311. The Morgan fingerprint density at radius 2 is 2.11 bits per heavy atom. The smallest absolute Gasteiger partial charge is 0.255 e. The van der Waals surface area contributed by atoms with Gasteiger partial charge in [-0.25, -0.2) is 4.98 Å². The van der Waals surface area contributed by atoms with E-state index in [0.717, 1.165) is 25.5 Å². The Bertz CT molecular complexity index is 455. The fourth-order valence-electron chi connectivity index (χ4n) is 2.26. The molecule has 0 atom stereocenters. The number of nitrogens with zero attached hydrogens (tertiary/aromatic N) is 3. The topological polar surface area (TPSA) is 48.5 Å². The molecule has 1 fully saturated rings. The molecular formula is C14H22N4O. The van der Waals surface area contributed by atoms with Crippen LogP contribution in [0.15, 0.2) is 18.3 Å². The summed E-state index contributed by atoms with van der Waals surface area (Å²) in [6, 6.07) is 3.65. The molecule has 5 heteroatoms. The standard InChI is InChI=1S/C14H22N4O/c1-14(2)10-18(8-7-17(14)4)13(19)11-5-6-12(15-3)16-9-11/h5-6,9H,7-8,10H2,1-4H3,(H,15,16). The van der Waals surface area contributed by atoms with E-state index < -0.39 is 0 Å². The molecule has 0 saturated carbocycles. The van der Waals surface area contributed by atoms with Crippen LogP contribution in [0, 0.1) is 0 Å². The van der Waals surface area contributed by atoms with Gasteiger partial charge in [0.2, 0.25) is 0 Å². The second-order valence-corrected chi connectivity index (χ2v) is 5.64. The number of hydrogen-bond acceptors (Lipinski definition) is 4. The Morgan fingerprint density at radius 3 is 2.63 bits per heavy atom. The van der Waals surface area contributed by atoms with Crippen molar-refractivity contribution in [3.63, 3.8) is 0 Å². The Balaban J connectivity index is 2.11. The van der Waals surface area contributed by atoms with Gasteiger partial charge in [-0.2, -0.15) is 0 Å². The van der Waals surface area contributed by atoms with E-state index in [4.69, 9.17) is 0 Å². The minimum absolute atomic E-state index is 0.0201. The second-order valence-electron chi connectivity index (χ2n) is 5.64. The van der Waals surface area contributed by atoms with E-state index in [1.54, 1.807) is 6.20 Å². The van der Waals surface area contributed by atoms with E-state index in [9.17, 15) is 4.79 Å². The first-order valence-corrected chi connectivity index (χ1v) is 6.58. The van der Waals surface area contributed by atoms with Crippen LogP contribution in [0.2, 0.25) is 0 Å². The summed E-state index contributed by atoms with van der Waals surface area (Å²) in [5.41, 5.74) is 0.672. The number of carbonyl (C=O) groups excluding carboxylic acids is 1. The highest BCUT2D eigenvalue weighted by Crippen LogP contribution is 2.20. The Hall–Kier alpha value is -1.62. The highest BCUT2D eigenvalue weighted by molar-refractivity contribution is 5.94. The third-order valence-corrected chi connectivity index (χ3v) is 3.87. The molecule has 1 saturated heterocycles. The molecule has 0 aliphatic carbocycles. The highest BCUT2D eigenvalue weighted by atomic mass is 16.2.